The topological polar surface area (TPSA) is 17.1 Å². The van der Waals surface area contributed by atoms with Gasteiger partial charge in [-0.1, -0.05) is 6.58 Å². The van der Waals surface area contributed by atoms with Gasteiger partial charge in [-0.3, -0.25) is 4.79 Å². The molecule has 0 radical (unpaired) electrons. The minimum Gasteiger partial charge on any atom is -0.300 e. The smallest absolute Gasteiger partial charge is 0.133 e. The molecule has 2 aliphatic carbocycles. The van der Waals surface area contributed by atoms with E-state index >= 15 is 0 Å². The van der Waals surface area contributed by atoms with E-state index in [1.54, 1.807) is 6.92 Å². The van der Waals surface area contributed by atoms with Crippen molar-refractivity contribution in [3.63, 3.8) is 0 Å². The van der Waals surface area contributed by atoms with Gasteiger partial charge in [0.15, 0.2) is 0 Å². The first-order chi connectivity index (χ1) is 5.72. The standard InChI is InChI=1S/C11H14O/c1-3-8-4-10-5-9(8)6-11(10)7(2)12/h9-11H,1,4-6H2,2H3. The third-order valence-electron chi connectivity index (χ3n) is 3.42. The van der Waals surface area contributed by atoms with Gasteiger partial charge in [0.25, 0.3) is 0 Å². The summed E-state index contributed by atoms with van der Waals surface area (Å²) < 4.78 is 0. The third-order valence-corrected chi connectivity index (χ3v) is 3.42. The molecule has 2 rings (SSSR count). The molecule has 0 amide bonds. The average molecular weight is 162 g/mol. The van der Waals surface area contributed by atoms with Gasteiger partial charge in [0, 0.05) is 5.92 Å². The molecule has 0 aromatic carbocycles. The van der Waals surface area contributed by atoms with Crippen LogP contribution in [-0.4, -0.2) is 5.78 Å². The average Bonchev–Trinajstić information content (AvgIpc) is 2.60. The highest BCUT2D eigenvalue weighted by Gasteiger charge is 2.44. The first-order valence-corrected chi connectivity index (χ1v) is 4.61. The summed E-state index contributed by atoms with van der Waals surface area (Å²) in [6, 6.07) is 0. The van der Waals surface area contributed by atoms with Gasteiger partial charge >= 0.3 is 0 Å². The second kappa shape index (κ2) is 2.60. The molecule has 3 unspecified atom stereocenters. The lowest BCUT2D eigenvalue weighted by Gasteiger charge is -2.19. The van der Waals surface area contributed by atoms with E-state index in [-0.39, 0.29) is 0 Å². The molecule has 1 heteroatoms. The van der Waals surface area contributed by atoms with Gasteiger partial charge in [-0.2, -0.15) is 0 Å². The van der Waals surface area contributed by atoms with Crippen molar-refractivity contribution in [3.8, 4) is 0 Å². The van der Waals surface area contributed by atoms with Crippen molar-refractivity contribution in [2.75, 3.05) is 0 Å². The van der Waals surface area contributed by atoms with Gasteiger partial charge in [0.1, 0.15) is 5.78 Å². The fraction of sp³-hybridized carbons (Fsp3) is 0.636. The first kappa shape index (κ1) is 7.82. The summed E-state index contributed by atoms with van der Waals surface area (Å²) in [5.41, 5.74) is 4.38. The maximum Gasteiger partial charge on any atom is 0.133 e. The molecule has 0 heterocycles. The Morgan fingerprint density at radius 2 is 2.33 bits per heavy atom. The summed E-state index contributed by atoms with van der Waals surface area (Å²) in [5.74, 6) is 2.00. The predicted octanol–water partition coefficient (Wildman–Crippen LogP) is 2.33. The summed E-state index contributed by atoms with van der Waals surface area (Å²) in [5, 5.41) is 0. The van der Waals surface area contributed by atoms with Gasteiger partial charge in [0.05, 0.1) is 0 Å². The van der Waals surface area contributed by atoms with Gasteiger partial charge in [-0.15, -0.1) is 5.73 Å². The second-order valence-corrected chi connectivity index (χ2v) is 4.05. The van der Waals surface area contributed by atoms with Crippen LogP contribution in [0.2, 0.25) is 0 Å². The van der Waals surface area contributed by atoms with Crippen LogP contribution in [0, 0.1) is 17.8 Å². The fourth-order valence-corrected chi connectivity index (χ4v) is 2.80. The van der Waals surface area contributed by atoms with E-state index in [0.717, 1.165) is 12.8 Å². The van der Waals surface area contributed by atoms with Crippen molar-refractivity contribution in [1.82, 2.24) is 0 Å². The van der Waals surface area contributed by atoms with Crippen LogP contribution in [0.5, 0.6) is 0 Å². The van der Waals surface area contributed by atoms with Crippen LogP contribution >= 0.6 is 0 Å². The molecular formula is C11H14O. The van der Waals surface area contributed by atoms with Gasteiger partial charge < -0.3 is 0 Å². The maximum absolute atomic E-state index is 11.2. The zero-order chi connectivity index (χ0) is 8.72. The highest BCUT2D eigenvalue weighted by atomic mass is 16.1. The van der Waals surface area contributed by atoms with Crippen LogP contribution in [0.25, 0.3) is 0 Å². The number of Topliss-reactive ketones (excluding diaryl/α,β-unsaturated/α-hetero) is 1. The van der Waals surface area contributed by atoms with E-state index in [1.807, 2.05) is 0 Å². The van der Waals surface area contributed by atoms with Crippen LogP contribution < -0.4 is 0 Å². The zero-order valence-corrected chi connectivity index (χ0v) is 7.47. The van der Waals surface area contributed by atoms with Crippen molar-refractivity contribution >= 4 is 5.78 Å². The molecule has 0 aromatic heterocycles. The molecule has 0 N–H and O–H groups in total. The number of hydrogen-bond acceptors (Lipinski definition) is 1. The highest BCUT2D eigenvalue weighted by Crippen LogP contribution is 2.51. The zero-order valence-electron chi connectivity index (χ0n) is 7.47. The van der Waals surface area contributed by atoms with Crippen molar-refractivity contribution in [2.24, 2.45) is 17.8 Å². The van der Waals surface area contributed by atoms with Crippen LogP contribution in [0.4, 0.5) is 0 Å². The van der Waals surface area contributed by atoms with E-state index in [1.165, 1.54) is 12.0 Å². The molecule has 0 saturated heterocycles. The molecule has 3 atom stereocenters. The summed E-state index contributed by atoms with van der Waals surface area (Å²) in [6.45, 7) is 5.41. The van der Waals surface area contributed by atoms with Crippen molar-refractivity contribution in [3.05, 3.63) is 17.9 Å². The van der Waals surface area contributed by atoms with Crippen LogP contribution in [0.3, 0.4) is 0 Å². The second-order valence-electron chi connectivity index (χ2n) is 4.05. The summed E-state index contributed by atoms with van der Waals surface area (Å²) in [4.78, 5) is 11.2. The van der Waals surface area contributed by atoms with E-state index in [2.05, 4.69) is 12.3 Å². The number of ketones is 1. The molecule has 0 aliphatic heterocycles. The molecule has 2 saturated carbocycles. The molecule has 2 fully saturated rings. The number of fused-ring (bicyclic) bond motifs is 2. The van der Waals surface area contributed by atoms with E-state index in [0.29, 0.717) is 23.5 Å². The van der Waals surface area contributed by atoms with E-state index in [4.69, 9.17) is 0 Å². The largest absolute Gasteiger partial charge is 0.300 e. The Kier molecular flexibility index (Phi) is 1.69. The molecule has 64 valence electrons. The van der Waals surface area contributed by atoms with Crippen molar-refractivity contribution < 1.29 is 4.79 Å². The maximum atomic E-state index is 11.2. The van der Waals surface area contributed by atoms with E-state index in [9.17, 15) is 4.79 Å². The lowest BCUT2D eigenvalue weighted by molar-refractivity contribution is -0.121. The molecular weight excluding hydrogens is 148 g/mol. The number of rotatable bonds is 1. The Bertz CT molecular complexity index is 271. The third kappa shape index (κ3) is 0.971. The van der Waals surface area contributed by atoms with Crippen LogP contribution in [0.15, 0.2) is 17.9 Å². The number of carbonyl (C=O) groups is 1. The van der Waals surface area contributed by atoms with Crippen molar-refractivity contribution in [2.45, 2.75) is 26.2 Å². The normalized spacial score (nSPS) is 38.4. The number of carbonyl (C=O) groups excluding carboxylic acids is 1. The number of hydrogen-bond donors (Lipinski definition) is 0. The number of allylic oxidation sites excluding steroid dienone is 1. The molecule has 1 nitrogen and oxygen atoms in total. The lowest BCUT2D eigenvalue weighted by Crippen LogP contribution is -2.18. The minimum absolute atomic E-state index is 0.354. The SMILES string of the molecule is C=C=C1CC2CC1CC2C(C)=O. The Hall–Kier alpha value is -0.810. The Balaban J connectivity index is 2.18. The predicted molar refractivity (Wildman–Crippen MR) is 47.7 cm³/mol. The van der Waals surface area contributed by atoms with Gasteiger partial charge in [-0.25, -0.2) is 0 Å². The monoisotopic (exact) mass is 162 g/mol. The Morgan fingerprint density at radius 1 is 1.58 bits per heavy atom. The van der Waals surface area contributed by atoms with Gasteiger partial charge in [-0.05, 0) is 43.6 Å². The molecule has 2 aliphatic rings. The summed E-state index contributed by atoms with van der Waals surface area (Å²) in [7, 11) is 0. The molecule has 0 aromatic rings. The van der Waals surface area contributed by atoms with E-state index < -0.39 is 0 Å². The highest BCUT2D eigenvalue weighted by molar-refractivity contribution is 5.79. The molecule has 12 heavy (non-hydrogen) atoms. The summed E-state index contributed by atoms with van der Waals surface area (Å²) in [6.07, 6.45) is 3.36. The Morgan fingerprint density at radius 3 is 2.75 bits per heavy atom. The van der Waals surface area contributed by atoms with Gasteiger partial charge in [0.2, 0.25) is 0 Å². The fourth-order valence-electron chi connectivity index (χ4n) is 2.80. The van der Waals surface area contributed by atoms with Crippen LogP contribution in [-0.2, 0) is 4.79 Å². The lowest BCUT2D eigenvalue weighted by atomic mass is 9.84. The first-order valence-electron chi connectivity index (χ1n) is 4.61. The van der Waals surface area contributed by atoms with Crippen molar-refractivity contribution in [1.29, 1.82) is 0 Å². The molecule has 0 spiro atoms. The Labute approximate surface area is 73.2 Å². The quantitative estimate of drug-likeness (QED) is 0.541. The molecule has 2 bridgehead atoms. The van der Waals surface area contributed by atoms with Crippen LogP contribution in [0.1, 0.15) is 26.2 Å². The minimum atomic E-state index is 0.354. The summed E-state index contributed by atoms with van der Waals surface area (Å²) >= 11 is 0.